The monoisotopic (exact) mass is 387 g/mol. The van der Waals surface area contributed by atoms with Crippen LogP contribution < -0.4 is 11.1 Å². The molecule has 0 bridgehead atoms. The summed E-state index contributed by atoms with van der Waals surface area (Å²) in [7, 11) is 0. The summed E-state index contributed by atoms with van der Waals surface area (Å²) in [6, 6.07) is 7.27. The molecule has 2 rings (SSSR count). The Bertz CT molecular complexity index is 627. The number of hydrogen-bond acceptors (Lipinski definition) is 4. The Morgan fingerprint density at radius 1 is 1.37 bits per heavy atom. The smallest absolute Gasteiger partial charge is 0.258 e. The van der Waals surface area contributed by atoms with Gasteiger partial charge in [-0.3, -0.25) is 14.9 Å². The van der Waals surface area contributed by atoms with Gasteiger partial charge in [0.25, 0.3) is 5.91 Å². The highest BCUT2D eigenvalue weighted by molar-refractivity contribution is 14.1. The second-order valence-electron chi connectivity index (χ2n) is 3.72. The molecule has 1 heterocycles. The van der Waals surface area contributed by atoms with Crippen LogP contribution in [0.4, 0.5) is 5.13 Å². The largest absolute Gasteiger partial charge is 0.369 e. The Labute approximate surface area is 127 Å². The van der Waals surface area contributed by atoms with Crippen LogP contribution >= 0.6 is 33.9 Å². The summed E-state index contributed by atoms with van der Waals surface area (Å²) in [4.78, 5) is 26.9. The molecule has 3 N–H and O–H groups in total. The van der Waals surface area contributed by atoms with Gasteiger partial charge in [0, 0.05) is 8.95 Å². The zero-order valence-corrected chi connectivity index (χ0v) is 12.7. The number of carbonyl (C=O) groups excluding carboxylic acids is 2. The molecular formula is C12H10IN3O2S. The van der Waals surface area contributed by atoms with E-state index in [4.69, 9.17) is 5.73 Å². The number of primary amides is 1. The van der Waals surface area contributed by atoms with Crippen LogP contribution in [0.1, 0.15) is 16.1 Å². The van der Waals surface area contributed by atoms with Gasteiger partial charge in [-0.2, -0.15) is 0 Å². The number of nitrogens with zero attached hydrogens (tertiary/aromatic N) is 1. The molecule has 0 saturated heterocycles. The van der Waals surface area contributed by atoms with Crippen molar-refractivity contribution in [2.45, 2.75) is 6.42 Å². The van der Waals surface area contributed by atoms with Crippen molar-refractivity contribution in [1.29, 1.82) is 0 Å². The van der Waals surface area contributed by atoms with Crippen molar-refractivity contribution >= 4 is 50.9 Å². The maximum Gasteiger partial charge on any atom is 0.258 e. The quantitative estimate of drug-likeness (QED) is 0.788. The third-order valence-electron chi connectivity index (χ3n) is 2.25. The van der Waals surface area contributed by atoms with Crippen LogP contribution in [0.3, 0.4) is 0 Å². The molecule has 19 heavy (non-hydrogen) atoms. The third-order valence-corrected chi connectivity index (χ3v) is 3.99. The summed E-state index contributed by atoms with van der Waals surface area (Å²) < 4.78 is 0.867. The lowest BCUT2D eigenvalue weighted by Gasteiger charge is -2.03. The minimum Gasteiger partial charge on any atom is -0.369 e. The number of halogens is 1. The molecular weight excluding hydrogens is 377 g/mol. The van der Waals surface area contributed by atoms with Crippen molar-refractivity contribution in [3.8, 4) is 0 Å². The predicted octanol–water partition coefficient (Wildman–Crippen LogP) is 2.03. The first-order chi connectivity index (χ1) is 9.06. The van der Waals surface area contributed by atoms with E-state index in [0.717, 1.165) is 3.57 Å². The van der Waals surface area contributed by atoms with Crippen LogP contribution in [0.15, 0.2) is 29.6 Å². The van der Waals surface area contributed by atoms with Gasteiger partial charge < -0.3 is 5.73 Å². The Balaban J connectivity index is 2.09. The molecule has 0 aliphatic heterocycles. The lowest BCUT2D eigenvalue weighted by atomic mass is 10.2. The summed E-state index contributed by atoms with van der Waals surface area (Å²) >= 11 is 3.37. The van der Waals surface area contributed by atoms with E-state index in [0.29, 0.717) is 16.4 Å². The second-order valence-corrected chi connectivity index (χ2v) is 5.74. The van der Waals surface area contributed by atoms with E-state index in [1.165, 1.54) is 11.3 Å². The second kappa shape index (κ2) is 6.11. The fourth-order valence-electron chi connectivity index (χ4n) is 1.43. The first-order valence-electron chi connectivity index (χ1n) is 5.35. The highest BCUT2D eigenvalue weighted by atomic mass is 127. The molecule has 0 spiro atoms. The van der Waals surface area contributed by atoms with Crippen molar-refractivity contribution in [3.05, 3.63) is 44.5 Å². The maximum atomic E-state index is 12.0. The molecule has 0 atom stereocenters. The molecule has 98 valence electrons. The maximum absolute atomic E-state index is 12.0. The van der Waals surface area contributed by atoms with Gasteiger partial charge >= 0.3 is 0 Å². The average molecular weight is 387 g/mol. The fraction of sp³-hybridized carbons (Fsp3) is 0.0833. The molecule has 1 aromatic heterocycles. The molecule has 7 heteroatoms. The van der Waals surface area contributed by atoms with Gasteiger partial charge in [0.05, 0.1) is 17.7 Å². The van der Waals surface area contributed by atoms with Crippen LogP contribution in [0, 0.1) is 3.57 Å². The minimum atomic E-state index is -0.444. The number of aromatic nitrogens is 1. The Kier molecular flexibility index (Phi) is 4.48. The number of rotatable bonds is 4. The zero-order chi connectivity index (χ0) is 13.8. The van der Waals surface area contributed by atoms with Crippen molar-refractivity contribution in [2.24, 2.45) is 5.73 Å². The molecule has 0 radical (unpaired) electrons. The lowest BCUT2D eigenvalue weighted by molar-refractivity contribution is -0.117. The standard InChI is InChI=1S/C12H10IN3O2S/c13-9-4-2-1-3-8(9)11(18)16-12-15-7(6-19-12)5-10(14)17/h1-4,6H,5H2,(H2,14,17)(H,15,16,18). The van der Waals surface area contributed by atoms with Crippen LogP contribution in [-0.2, 0) is 11.2 Å². The van der Waals surface area contributed by atoms with E-state index in [2.05, 4.69) is 32.9 Å². The molecule has 0 unspecified atom stereocenters. The van der Waals surface area contributed by atoms with Crippen LogP contribution in [-0.4, -0.2) is 16.8 Å². The fourth-order valence-corrected chi connectivity index (χ4v) is 2.77. The molecule has 0 saturated carbocycles. The molecule has 1 aromatic carbocycles. The number of nitrogens with one attached hydrogen (secondary N) is 1. The number of anilines is 1. The van der Waals surface area contributed by atoms with Crippen molar-refractivity contribution < 1.29 is 9.59 Å². The number of thiazole rings is 1. The Morgan fingerprint density at radius 2 is 2.11 bits per heavy atom. The summed E-state index contributed by atoms with van der Waals surface area (Å²) in [5, 5.41) is 4.87. The number of nitrogens with two attached hydrogens (primary N) is 1. The molecule has 5 nitrogen and oxygen atoms in total. The van der Waals surface area contributed by atoms with Crippen molar-refractivity contribution in [2.75, 3.05) is 5.32 Å². The van der Waals surface area contributed by atoms with Gasteiger partial charge in [0.1, 0.15) is 0 Å². The SMILES string of the molecule is NC(=O)Cc1csc(NC(=O)c2ccccc2I)n1. The van der Waals surface area contributed by atoms with Gasteiger partial charge in [-0.1, -0.05) is 12.1 Å². The first-order valence-corrected chi connectivity index (χ1v) is 7.30. The highest BCUT2D eigenvalue weighted by Crippen LogP contribution is 2.18. The van der Waals surface area contributed by atoms with Crippen molar-refractivity contribution in [3.63, 3.8) is 0 Å². The summed E-state index contributed by atoms with van der Waals surface area (Å²) in [5.41, 5.74) is 6.24. The summed E-state index contributed by atoms with van der Waals surface area (Å²) in [6.45, 7) is 0. The molecule has 0 fully saturated rings. The number of carbonyl (C=O) groups is 2. The summed E-state index contributed by atoms with van der Waals surface area (Å²) in [5.74, 6) is -0.661. The molecule has 2 amide bonds. The van der Waals surface area contributed by atoms with E-state index >= 15 is 0 Å². The van der Waals surface area contributed by atoms with Gasteiger partial charge in [-0.25, -0.2) is 4.98 Å². The lowest BCUT2D eigenvalue weighted by Crippen LogP contribution is -2.15. The third kappa shape index (κ3) is 3.74. The van der Waals surface area contributed by atoms with Crippen LogP contribution in [0.2, 0.25) is 0 Å². The molecule has 0 aliphatic carbocycles. The van der Waals surface area contributed by atoms with Gasteiger partial charge in [0.15, 0.2) is 5.13 Å². The van der Waals surface area contributed by atoms with E-state index in [9.17, 15) is 9.59 Å². The normalized spacial score (nSPS) is 10.2. The van der Waals surface area contributed by atoms with Crippen LogP contribution in [0.5, 0.6) is 0 Å². The van der Waals surface area contributed by atoms with E-state index in [-0.39, 0.29) is 12.3 Å². The first kappa shape index (κ1) is 13.9. The molecule has 2 aromatic rings. The van der Waals surface area contributed by atoms with Crippen LogP contribution in [0.25, 0.3) is 0 Å². The van der Waals surface area contributed by atoms with Gasteiger partial charge in [0.2, 0.25) is 5.91 Å². The number of hydrogen-bond donors (Lipinski definition) is 2. The van der Waals surface area contributed by atoms with E-state index in [1.807, 2.05) is 12.1 Å². The average Bonchev–Trinajstić information content (AvgIpc) is 2.76. The zero-order valence-electron chi connectivity index (χ0n) is 9.72. The van der Waals surface area contributed by atoms with Crippen molar-refractivity contribution in [1.82, 2.24) is 4.98 Å². The summed E-state index contributed by atoms with van der Waals surface area (Å²) in [6.07, 6.45) is 0.0786. The Hall–Kier alpha value is -1.48. The van der Waals surface area contributed by atoms with Gasteiger partial charge in [-0.15, -0.1) is 11.3 Å². The topological polar surface area (TPSA) is 85.1 Å². The molecule has 0 aliphatic rings. The van der Waals surface area contributed by atoms with E-state index < -0.39 is 5.91 Å². The van der Waals surface area contributed by atoms with E-state index in [1.54, 1.807) is 17.5 Å². The number of amides is 2. The van der Waals surface area contributed by atoms with Gasteiger partial charge in [-0.05, 0) is 34.7 Å². The highest BCUT2D eigenvalue weighted by Gasteiger charge is 2.12. The predicted molar refractivity (Wildman–Crippen MR) is 82.1 cm³/mol. The minimum absolute atomic E-state index is 0.0786. The Morgan fingerprint density at radius 3 is 2.79 bits per heavy atom. The number of benzene rings is 1.